The van der Waals surface area contributed by atoms with Crippen molar-refractivity contribution in [2.24, 2.45) is 0 Å². The minimum Gasteiger partial charge on any atom is -0.392 e. The number of aliphatic hydroxyl groups excluding tert-OH is 1. The molecular formula is C10H10Br2O2. The smallest absolute Gasteiger partial charge is 0.147 e. The molecule has 2 nitrogen and oxygen atoms in total. The van der Waals surface area contributed by atoms with Gasteiger partial charge in [0, 0.05) is 10.9 Å². The highest BCUT2D eigenvalue weighted by molar-refractivity contribution is 9.10. The van der Waals surface area contributed by atoms with Gasteiger partial charge in [0.15, 0.2) is 0 Å². The van der Waals surface area contributed by atoms with E-state index in [2.05, 4.69) is 31.9 Å². The van der Waals surface area contributed by atoms with Crippen LogP contribution in [0, 0.1) is 0 Å². The summed E-state index contributed by atoms with van der Waals surface area (Å²) in [6.45, 7) is 0.00720. The number of benzene rings is 1. The summed E-state index contributed by atoms with van der Waals surface area (Å²) in [5, 5.41) is 9.31. The average molecular weight is 322 g/mol. The number of Topliss-reactive ketones (excluding diaryl/α,β-unsaturated/α-hetero) is 1. The lowest BCUT2D eigenvalue weighted by molar-refractivity contribution is -0.115. The molecule has 0 aromatic heterocycles. The SMILES string of the molecule is O=C(CBr)Cc1ccc(CO)c(Br)c1. The third-order valence-electron chi connectivity index (χ3n) is 1.84. The lowest BCUT2D eigenvalue weighted by atomic mass is 10.1. The monoisotopic (exact) mass is 320 g/mol. The van der Waals surface area contributed by atoms with E-state index in [1.54, 1.807) is 0 Å². The second-order valence-corrected chi connectivity index (χ2v) is 4.35. The predicted octanol–water partition coefficient (Wildman–Crippen LogP) is 2.45. The normalized spacial score (nSPS) is 10.2. The molecule has 1 rings (SSSR count). The van der Waals surface area contributed by atoms with Crippen LogP contribution in [-0.2, 0) is 17.8 Å². The van der Waals surface area contributed by atoms with Gasteiger partial charge in [-0.2, -0.15) is 0 Å². The van der Waals surface area contributed by atoms with E-state index in [1.807, 2.05) is 18.2 Å². The molecule has 1 N–H and O–H groups in total. The van der Waals surface area contributed by atoms with Crippen LogP contribution in [0.2, 0.25) is 0 Å². The van der Waals surface area contributed by atoms with Gasteiger partial charge < -0.3 is 5.11 Å². The van der Waals surface area contributed by atoms with E-state index in [0.717, 1.165) is 15.6 Å². The number of aliphatic hydroxyl groups is 1. The third kappa shape index (κ3) is 3.19. The summed E-state index contributed by atoms with van der Waals surface area (Å²) in [4.78, 5) is 11.1. The lowest BCUT2D eigenvalue weighted by Crippen LogP contribution is -2.03. The van der Waals surface area contributed by atoms with Crippen molar-refractivity contribution in [3.8, 4) is 0 Å². The molecule has 1 aromatic rings. The van der Waals surface area contributed by atoms with Gasteiger partial charge in [0.2, 0.25) is 0 Å². The summed E-state index contributed by atoms with van der Waals surface area (Å²) in [6, 6.07) is 5.55. The number of hydrogen-bond donors (Lipinski definition) is 1. The minimum absolute atomic E-state index is 0.00720. The van der Waals surface area contributed by atoms with E-state index in [1.165, 1.54) is 0 Å². The fraction of sp³-hybridized carbons (Fsp3) is 0.300. The zero-order chi connectivity index (χ0) is 10.6. The van der Waals surface area contributed by atoms with Gasteiger partial charge in [0.1, 0.15) is 5.78 Å². The first-order chi connectivity index (χ1) is 6.67. The van der Waals surface area contributed by atoms with Crippen molar-refractivity contribution < 1.29 is 9.90 Å². The maximum atomic E-state index is 11.1. The van der Waals surface area contributed by atoms with Gasteiger partial charge >= 0.3 is 0 Å². The molecule has 14 heavy (non-hydrogen) atoms. The van der Waals surface area contributed by atoms with Crippen LogP contribution in [0.1, 0.15) is 11.1 Å². The number of alkyl halides is 1. The highest BCUT2D eigenvalue weighted by atomic mass is 79.9. The van der Waals surface area contributed by atoms with E-state index in [0.29, 0.717) is 11.8 Å². The van der Waals surface area contributed by atoms with Crippen LogP contribution < -0.4 is 0 Å². The first kappa shape index (κ1) is 11.9. The summed E-state index contributed by atoms with van der Waals surface area (Å²) in [6.07, 6.45) is 0.426. The van der Waals surface area contributed by atoms with Crippen molar-refractivity contribution in [2.45, 2.75) is 13.0 Å². The molecule has 76 valence electrons. The summed E-state index contributed by atoms with van der Waals surface area (Å²) in [7, 11) is 0. The van der Waals surface area contributed by atoms with Gasteiger partial charge in [-0.05, 0) is 17.2 Å². The van der Waals surface area contributed by atoms with Gasteiger partial charge in [-0.1, -0.05) is 44.0 Å². The summed E-state index contributed by atoms with van der Waals surface area (Å²) in [5.74, 6) is 0.147. The molecule has 0 bridgehead atoms. The Balaban J connectivity index is 2.81. The molecule has 0 radical (unpaired) electrons. The van der Waals surface area contributed by atoms with Crippen LogP contribution in [0.15, 0.2) is 22.7 Å². The molecule has 0 atom stereocenters. The first-order valence-corrected chi connectivity index (χ1v) is 6.04. The second kappa shape index (κ2) is 5.63. The molecule has 0 spiro atoms. The topological polar surface area (TPSA) is 37.3 Å². The molecule has 0 amide bonds. The molecule has 0 fully saturated rings. The number of carbonyl (C=O) groups excluding carboxylic acids is 1. The summed E-state index contributed by atoms with van der Waals surface area (Å²) >= 11 is 6.45. The number of hydrogen-bond acceptors (Lipinski definition) is 2. The van der Waals surface area contributed by atoms with Crippen molar-refractivity contribution in [1.82, 2.24) is 0 Å². The van der Waals surface area contributed by atoms with Crippen LogP contribution in [0.5, 0.6) is 0 Å². The van der Waals surface area contributed by atoms with E-state index in [4.69, 9.17) is 5.11 Å². The highest BCUT2D eigenvalue weighted by Gasteiger charge is 2.04. The van der Waals surface area contributed by atoms with Gasteiger partial charge in [-0.15, -0.1) is 0 Å². The summed E-state index contributed by atoms with van der Waals surface area (Å²) < 4.78 is 0.847. The molecule has 0 saturated carbocycles. The molecule has 0 unspecified atom stereocenters. The Labute approximate surface area is 99.6 Å². The van der Waals surface area contributed by atoms with E-state index < -0.39 is 0 Å². The summed E-state index contributed by atoms with van der Waals surface area (Å²) in [5.41, 5.74) is 1.79. The fourth-order valence-electron chi connectivity index (χ4n) is 1.10. The Kier molecular flexibility index (Phi) is 4.78. The van der Waals surface area contributed by atoms with Crippen molar-refractivity contribution >= 4 is 37.6 Å². The standard InChI is InChI=1S/C10H10Br2O2/c11-5-9(14)3-7-1-2-8(6-13)10(12)4-7/h1-2,4,13H,3,5-6H2. The molecule has 4 heteroatoms. The Morgan fingerprint density at radius 2 is 2.14 bits per heavy atom. The number of carbonyl (C=O) groups is 1. The molecular weight excluding hydrogens is 312 g/mol. The second-order valence-electron chi connectivity index (χ2n) is 2.93. The van der Waals surface area contributed by atoms with Crippen LogP contribution in [0.4, 0.5) is 0 Å². The fourth-order valence-corrected chi connectivity index (χ4v) is 1.85. The van der Waals surface area contributed by atoms with Crippen LogP contribution in [-0.4, -0.2) is 16.2 Å². The van der Waals surface area contributed by atoms with Gasteiger partial charge in [-0.25, -0.2) is 0 Å². The van der Waals surface area contributed by atoms with Crippen LogP contribution in [0.3, 0.4) is 0 Å². The Bertz CT molecular complexity index is 337. The molecule has 0 saturated heterocycles. The van der Waals surface area contributed by atoms with E-state index in [9.17, 15) is 4.79 Å². The van der Waals surface area contributed by atoms with E-state index in [-0.39, 0.29) is 12.4 Å². The van der Waals surface area contributed by atoms with Gasteiger partial charge in [0.25, 0.3) is 0 Å². The van der Waals surface area contributed by atoms with Crippen molar-refractivity contribution in [3.63, 3.8) is 0 Å². The number of halogens is 2. The Morgan fingerprint density at radius 1 is 1.43 bits per heavy atom. The van der Waals surface area contributed by atoms with Gasteiger partial charge in [0.05, 0.1) is 11.9 Å². The highest BCUT2D eigenvalue weighted by Crippen LogP contribution is 2.19. The molecule has 0 heterocycles. The van der Waals surface area contributed by atoms with Crippen molar-refractivity contribution in [1.29, 1.82) is 0 Å². The molecule has 0 aliphatic carbocycles. The zero-order valence-electron chi connectivity index (χ0n) is 7.46. The quantitative estimate of drug-likeness (QED) is 0.865. The third-order valence-corrected chi connectivity index (χ3v) is 3.20. The predicted molar refractivity (Wildman–Crippen MR) is 62.6 cm³/mol. The van der Waals surface area contributed by atoms with Crippen molar-refractivity contribution in [3.05, 3.63) is 33.8 Å². The van der Waals surface area contributed by atoms with Crippen LogP contribution >= 0.6 is 31.9 Å². The largest absolute Gasteiger partial charge is 0.392 e. The van der Waals surface area contributed by atoms with E-state index >= 15 is 0 Å². The Hall–Kier alpha value is -0.190. The Morgan fingerprint density at radius 3 is 2.64 bits per heavy atom. The number of rotatable bonds is 4. The maximum Gasteiger partial charge on any atom is 0.147 e. The molecule has 0 aliphatic heterocycles. The number of ketones is 1. The van der Waals surface area contributed by atoms with Gasteiger partial charge in [-0.3, -0.25) is 4.79 Å². The van der Waals surface area contributed by atoms with Crippen LogP contribution in [0.25, 0.3) is 0 Å². The first-order valence-electron chi connectivity index (χ1n) is 4.13. The van der Waals surface area contributed by atoms with Crippen molar-refractivity contribution in [2.75, 3.05) is 5.33 Å². The molecule has 0 aliphatic rings. The molecule has 1 aromatic carbocycles. The zero-order valence-corrected chi connectivity index (χ0v) is 10.6. The minimum atomic E-state index is 0.00720. The lowest BCUT2D eigenvalue weighted by Gasteiger charge is -2.03. The maximum absolute atomic E-state index is 11.1. The average Bonchev–Trinajstić information content (AvgIpc) is 2.18.